The first-order chi connectivity index (χ1) is 10.2. The lowest BCUT2D eigenvalue weighted by molar-refractivity contribution is 0.0511. The molecule has 1 aromatic rings. The summed E-state index contributed by atoms with van der Waals surface area (Å²) >= 11 is 0. The number of alkyl carbamates (subject to hydrolysis) is 1. The molecule has 4 heteroatoms. The molecule has 2 atom stereocenters. The van der Waals surface area contributed by atoms with E-state index in [-0.39, 0.29) is 12.6 Å². The van der Waals surface area contributed by atoms with E-state index in [0.717, 1.165) is 18.4 Å². The van der Waals surface area contributed by atoms with E-state index in [0.29, 0.717) is 5.92 Å². The van der Waals surface area contributed by atoms with Gasteiger partial charge in [0, 0.05) is 0 Å². The summed E-state index contributed by atoms with van der Waals surface area (Å²) in [4.78, 5) is 11.8. The molecule has 1 aliphatic rings. The number of rotatable bonds is 5. The van der Waals surface area contributed by atoms with Crippen LogP contribution >= 0.6 is 0 Å². The van der Waals surface area contributed by atoms with Crippen molar-refractivity contribution in [2.45, 2.75) is 57.8 Å². The van der Waals surface area contributed by atoms with Gasteiger partial charge in [-0.1, -0.05) is 49.6 Å². The second-order valence-corrected chi connectivity index (χ2v) is 5.88. The Kier molecular flexibility index (Phi) is 6.05. The molecule has 1 unspecified atom stereocenters. The van der Waals surface area contributed by atoms with E-state index in [9.17, 15) is 9.90 Å². The van der Waals surface area contributed by atoms with Gasteiger partial charge in [-0.15, -0.1) is 0 Å². The highest BCUT2D eigenvalue weighted by Crippen LogP contribution is 2.27. The molecule has 116 valence electrons. The van der Waals surface area contributed by atoms with Crippen molar-refractivity contribution in [2.24, 2.45) is 5.92 Å². The van der Waals surface area contributed by atoms with Gasteiger partial charge >= 0.3 is 6.09 Å². The van der Waals surface area contributed by atoms with Crippen LogP contribution in [0.15, 0.2) is 30.3 Å². The van der Waals surface area contributed by atoms with Gasteiger partial charge in [0.15, 0.2) is 0 Å². The molecule has 1 saturated carbocycles. The van der Waals surface area contributed by atoms with E-state index in [1.807, 2.05) is 37.3 Å². The molecule has 0 spiro atoms. The average molecular weight is 291 g/mol. The van der Waals surface area contributed by atoms with Gasteiger partial charge in [0.05, 0.1) is 12.1 Å². The number of aliphatic hydroxyl groups excluding tert-OH is 1. The summed E-state index contributed by atoms with van der Waals surface area (Å²) in [5, 5.41) is 13.0. The molecule has 1 aromatic carbocycles. The van der Waals surface area contributed by atoms with Gasteiger partial charge in [-0.25, -0.2) is 4.79 Å². The van der Waals surface area contributed by atoms with E-state index in [1.165, 1.54) is 19.3 Å². The SMILES string of the molecule is C[C@H](NC(=O)OCc1ccccc1)C(O)C1CCCCC1. The highest BCUT2D eigenvalue weighted by atomic mass is 16.5. The quantitative estimate of drug-likeness (QED) is 0.875. The first-order valence-corrected chi connectivity index (χ1v) is 7.82. The van der Waals surface area contributed by atoms with Crippen LogP contribution < -0.4 is 5.32 Å². The van der Waals surface area contributed by atoms with Gasteiger partial charge in [-0.3, -0.25) is 0 Å². The fraction of sp³-hybridized carbons (Fsp3) is 0.588. The number of hydrogen-bond acceptors (Lipinski definition) is 3. The van der Waals surface area contributed by atoms with Gasteiger partial charge in [-0.05, 0) is 31.2 Å². The van der Waals surface area contributed by atoms with Crippen molar-refractivity contribution in [3.8, 4) is 0 Å². The Hall–Kier alpha value is -1.55. The largest absolute Gasteiger partial charge is 0.445 e. The maximum absolute atomic E-state index is 11.8. The monoisotopic (exact) mass is 291 g/mol. The number of benzene rings is 1. The lowest BCUT2D eigenvalue weighted by Crippen LogP contribution is -2.45. The third-order valence-electron chi connectivity index (χ3n) is 4.20. The zero-order valence-corrected chi connectivity index (χ0v) is 12.6. The molecule has 0 bridgehead atoms. The average Bonchev–Trinajstić information content (AvgIpc) is 2.54. The molecular weight excluding hydrogens is 266 g/mol. The van der Waals surface area contributed by atoms with Gasteiger partial charge in [0.25, 0.3) is 0 Å². The van der Waals surface area contributed by atoms with E-state index in [2.05, 4.69) is 5.32 Å². The third-order valence-corrected chi connectivity index (χ3v) is 4.20. The summed E-state index contributed by atoms with van der Waals surface area (Å²) in [5.41, 5.74) is 0.952. The smallest absolute Gasteiger partial charge is 0.407 e. The molecule has 4 nitrogen and oxygen atoms in total. The van der Waals surface area contributed by atoms with Crippen LogP contribution in [0, 0.1) is 5.92 Å². The molecule has 0 aliphatic heterocycles. The number of nitrogens with one attached hydrogen (secondary N) is 1. The zero-order chi connectivity index (χ0) is 15.1. The molecule has 0 radical (unpaired) electrons. The molecule has 2 rings (SSSR count). The second kappa shape index (κ2) is 8.03. The predicted octanol–water partition coefficient (Wildman–Crippen LogP) is 3.24. The normalized spacial score (nSPS) is 18.8. The standard InChI is InChI=1S/C17H25NO3/c1-13(16(19)15-10-6-3-7-11-15)18-17(20)21-12-14-8-4-2-5-9-14/h2,4-5,8-9,13,15-16,19H,3,6-7,10-12H2,1H3,(H,18,20)/t13-,16?/m0/s1. The van der Waals surface area contributed by atoms with E-state index in [4.69, 9.17) is 4.74 Å². The Morgan fingerprint density at radius 1 is 1.29 bits per heavy atom. The minimum absolute atomic E-state index is 0.249. The lowest BCUT2D eigenvalue weighted by atomic mass is 9.83. The molecule has 1 amide bonds. The fourth-order valence-corrected chi connectivity index (χ4v) is 2.92. The van der Waals surface area contributed by atoms with Crippen LogP contribution in [-0.4, -0.2) is 23.3 Å². The molecule has 0 aromatic heterocycles. The molecule has 0 saturated heterocycles. The molecule has 1 fully saturated rings. The van der Waals surface area contributed by atoms with Crippen molar-refractivity contribution >= 4 is 6.09 Å². The lowest BCUT2D eigenvalue weighted by Gasteiger charge is -2.30. The number of ether oxygens (including phenoxy) is 1. The number of hydrogen-bond donors (Lipinski definition) is 2. The van der Waals surface area contributed by atoms with Crippen molar-refractivity contribution in [1.82, 2.24) is 5.32 Å². The number of carbonyl (C=O) groups is 1. The van der Waals surface area contributed by atoms with Crippen LogP contribution in [0.2, 0.25) is 0 Å². The summed E-state index contributed by atoms with van der Waals surface area (Å²) in [7, 11) is 0. The van der Waals surface area contributed by atoms with E-state index in [1.54, 1.807) is 0 Å². The summed E-state index contributed by atoms with van der Waals surface area (Å²) in [6.07, 6.45) is 4.73. The third kappa shape index (κ3) is 5.05. The van der Waals surface area contributed by atoms with Crippen LogP contribution in [-0.2, 0) is 11.3 Å². The molecule has 21 heavy (non-hydrogen) atoms. The minimum Gasteiger partial charge on any atom is -0.445 e. The van der Waals surface area contributed by atoms with Crippen molar-refractivity contribution < 1.29 is 14.6 Å². The number of carbonyl (C=O) groups excluding carboxylic acids is 1. The summed E-state index contributed by atoms with van der Waals surface area (Å²) in [5.74, 6) is 0.295. The van der Waals surface area contributed by atoms with Gasteiger partial charge < -0.3 is 15.2 Å². The van der Waals surface area contributed by atoms with Crippen LogP contribution in [0.1, 0.15) is 44.6 Å². The van der Waals surface area contributed by atoms with Crippen LogP contribution in [0.5, 0.6) is 0 Å². The van der Waals surface area contributed by atoms with Crippen molar-refractivity contribution in [3.05, 3.63) is 35.9 Å². The Labute approximate surface area is 126 Å². The van der Waals surface area contributed by atoms with Crippen molar-refractivity contribution in [3.63, 3.8) is 0 Å². The molecular formula is C17H25NO3. The zero-order valence-electron chi connectivity index (χ0n) is 12.6. The summed E-state index contributed by atoms with van der Waals surface area (Å²) in [6, 6.07) is 9.28. The molecule has 0 heterocycles. The van der Waals surface area contributed by atoms with E-state index < -0.39 is 12.2 Å². The Morgan fingerprint density at radius 3 is 2.62 bits per heavy atom. The molecule has 1 aliphatic carbocycles. The highest BCUT2D eigenvalue weighted by Gasteiger charge is 2.27. The fourth-order valence-electron chi connectivity index (χ4n) is 2.92. The van der Waals surface area contributed by atoms with Crippen molar-refractivity contribution in [2.75, 3.05) is 0 Å². The van der Waals surface area contributed by atoms with Crippen molar-refractivity contribution in [1.29, 1.82) is 0 Å². The topological polar surface area (TPSA) is 58.6 Å². The van der Waals surface area contributed by atoms with Crippen LogP contribution in [0.3, 0.4) is 0 Å². The first kappa shape index (κ1) is 15.8. The Morgan fingerprint density at radius 2 is 1.95 bits per heavy atom. The second-order valence-electron chi connectivity index (χ2n) is 5.88. The predicted molar refractivity (Wildman–Crippen MR) is 81.8 cm³/mol. The Balaban J connectivity index is 1.73. The summed E-state index contributed by atoms with van der Waals surface area (Å²) < 4.78 is 5.18. The molecule has 2 N–H and O–H groups in total. The van der Waals surface area contributed by atoms with Crippen LogP contribution in [0.4, 0.5) is 4.79 Å². The van der Waals surface area contributed by atoms with Crippen LogP contribution in [0.25, 0.3) is 0 Å². The van der Waals surface area contributed by atoms with Gasteiger partial charge in [0.2, 0.25) is 0 Å². The number of aliphatic hydroxyl groups is 1. The number of amides is 1. The maximum Gasteiger partial charge on any atom is 0.407 e. The van der Waals surface area contributed by atoms with Gasteiger partial charge in [-0.2, -0.15) is 0 Å². The Bertz CT molecular complexity index is 429. The first-order valence-electron chi connectivity index (χ1n) is 7.82. The minimum atomic E-state index is -0.491. The maximum atomic E-state index is 11.8. The van der Waals surface area contributed by atoms with E-state index >= 15 is 0 Å². The van der Waals surface area contributed by atoms with Gasteiger partial charge in [0.1, 0.15) is 6.61 Å². The highest BCUT2D eigenvalue weighted by molar-refractivity contribution is 5.67. The summed E-state index contributed by atoms with van der Waals surface area (Å²) in [6.45, 7) is 2.09.